The first-order chi connectivity index (χ1) is 12.6. The van der Waals surface area contributed by atoms with Crippen molar-refractivity contribution >= 4 is 17.7 Å². The maximum Gasteiger partial charge on any atom is 0.269 e. The van der Waals surface area contributed by atoms with Gasteiger partial charge in [-0.05, 0) is 36.4 Å². The molecular weight excluding hydrogens is 338 g/mol. The number of furan rings is 1. The van der Waals surface area contributed by atoms with Gasteiger partial charge in [0.25, 0.3) is 5.91 Å². The highest BCUT2D eigenvalue weighted by atomic mass is 16.5. The summed E-state index contributed by atoms with van der Waals surface area (Å²) in [6.45, 7) is 0.609. The van der Waals surface area contributed by atoms with Gasteiger partial charge in [-0.15, -0.1) is 0 Å². The molecule has 8 nitrogen and oxygen atoms in total. The van der Waals surface area contributed by atoms with E-state index in [0.29, 0.717) is 23.6 Å². The highest BCUT2D eigenvalue weighted by Gasteiger charge is 2.34. The van der Waals surface area contributed by atoms with E-state index in [0.717, 1.165) is 0 Å². The van der Waals surface area contributed by atoms with E-state index in [2.05, 4.69) is 10.9 Å². The monoisotopic (exact) mass is 357 g/mol. The van der Waals surface area contributed by atoms with E-state index in [-0.39, 0.29) is 18.9 Å². The number of likely N-dealkylation sites (tertiary alicyclic amines) is 1. The highest BCUT2D eigenvalue weighted by Crippen LogP contribution is 2.20. The lowest BCUT2D eigenvalue weighted by Gasteiger charge is -2.15. The van der Waals surface area contributed by atoms with Crippen molar-refractivity contribution in [2.24, 2.45) is 5.92 Å². The summed E-state index contributed by atoms with van der Waals surface area (Å²) in [6.07, 6.45) is 1.64. The van der Waals surface area contributed by atoms with E-state index in [4.69, 9.17) is 9.15 Å². The Hall–Kier alpha value is -3.29. The Balaban J connectivity index is 1.50. The Morgan fingerprint density at radius 3 is 2.65 bits per heavy atom. The summed E-state index contributed by atoms with van der Waals surface area (Å²) < 4.78 is 10.3. The molecule has 0 bridgehead atoms. The van der Waals surface area contributed by atoms with Gasteiger partial charge in [-0.2, -0.15) is 0 Å². The van der Waals surface area contributed by atoms with Crippen LogP contribution >= 0.6 is 0 Å². The van der Waals surface area contributed by atoms with Gasteiger partial charge >= 0.3 is 0 Å². The van der Waals surface area contributed by atoms with Crippen molar-refractivity contribution in [1.29, 1.82) is 0 Å². The summed E-state index contributed by atoms with van der Waals surface area (Å²) in [5, 5.41) is 0. The second-order valence-electron chi connectivity index (χ2n) is 5.93. The van der Waals surface area contributed by atoms with E-state index < -0.39 is 17.7 Å². The lowest BCUT2D eigenvalue weighted by Crippen LogP contribution is -2.45. The SMILES string of the molecule is COc1ccc(C(=O)NNC(=O)C2CC(=O)N(Cc3ccco3)C2)cc1. The van der Waals surface area contributed by atoms with Gasteiger partial charge in [-0.3, -0.25) is 25.2 Å². The number of nitrogens with zero attached hydrogens (tertiary/aromatic N) is 1. The van der Waals surface area contributed by atoms with Crippen LogP contribution in [0.4, 0.5) is 0 Å². The predicted octanol–water partition coefficient (Wildman–Crippen LogP) is 1.10. The molecule has 1 aliphatic rings. The number of hydrazine groups is 1. The van der Waals surface area contributed by atoms with E-state index >= 15 is 0 Å². The number of methoxy groups -OCH3 is 1. The molecule has 0 radical (unpaired) electrons. The van der Waals surface area contributed by atoms with Crippen molar-refractivity contribution in [3.63, 3.8) is 0 Å². The number of benzene rings is 1. The number of nitrogens with one attached hydrogen (secondary N) is 2. The van der Waals surface area contributed by atoms with Crippen molar-refractivity contribution in [2.45, 2.75) is 13.0 Å². The third-order valence-corrected chi connectivity index (χ3v) is 4.16. The normalized spacial score (nSPS) is 16.4. The Morgan fingerprint density at radius 2 is 2.00 bits per heavy atom. The lowest BCUT2D eigenvalue weighted by atomic mass is 10.1. The third-order valence-electron chi connectivity index (χ3n) is 4.16. The first kappa shape index (κ1) is 17.5. The van der Waals surface area contributed by atoms with Crippen LogP contribution in [0.25, 0.3) is 0 Å². The van der Waals surface area contributed by atoms with Gasteiger partial charge in [0.1, 0.15) is 11.5 Å². The molecule has 3 amide bonds. The van der Waals surface area contributed by atoms with Crippen LogP contribution in [0.5, 0.6) is 5.75 Å². The molecule has 2 aromatic rings. The second kappa shape index (κ2) is 7.73. The first-order valence-electron chi connectivity index (χ1n) is 8.11. The fraction of sp³-hybridized carbons (Fsp3) is 0.278. The zero-order chi connectivity index (χ0) is 18.5. The first-order valence-corrected chi connectivity index (χ1v) is 8.11. The molecule has 0 spiro atoms. The van der Waals surface area contributed by atoms with E-state index in [1.807, 2.05) is 0 Å². The molecule has 26 heavy (non-hydrogen) atoms. The zero-order valence-electron chi connectivity index (χ0n) is 14.2. The molecular formula is C18H19N3O5. The van der Waals surface area contributed by atoms with Crippen LogP contribution in [-0.2, 0) is 16.1 Å². The number of carbonyl (C=O) groups excluding carboxylic acids is 3. The van der Waals surface area contributed by atoms with Crippen LogP contribution in [0.3, 0.4) is 0 Å². The van der Waals surface area contributed by atoms with Gasteiger partial charge in [0.2, 0.25) is 11.8 Å². The number of hydrogen-bond acceptors (Lipinski definition) is 5. The summed E-state index contributed by atoms with van der Waals surface area (Å²) >= 11 is 0. The fourth-order valence-electron chi connectivity index (χ4n) is 2.73. The molecule has 2 heterocycles. The van der Waals surface area contributed by atoms with Gasteiger partial charge in [0.05, 0.1) is 25.8 Å². The smallest absolute Gasteiger partial charge is 0.269 e. The Morgan fingerprint density at radius 1 is 1.23 bits per heavy atom. The highest BCUT2D eigenvalue weighted by molar-refractivity contribution is 5.96. The average Bonchev–Trinajstić information content (AvgIpc) is 3.30. The fourth-order valence-corrected chi connectivity index (χ4v) is 2.73. The summed E-state index contributed by atoms with van der Waals surface area (Å²) in [5.74, 6) is -0.199. The molecule has 0 saturated carbocycles. The molecule has 2 N–H and O–H groups in total. The quantitative estimate of drug-likeness (QED) is 0.781. The molecule has 8 heteroatoms. The minimum atomic E-state index is -0.520. The van der Waals surface area contributed by atoms with Crippen LogP contribution in [0, 0.1) is 5.92 Å². The van der Waals surface area contributed by atoms with Gasteiger partial charge in [0.15, 0.2) is 0 Å². The average molecular weight is 357 g/mol. The topological polar surface area (TPSA) is 101 Å². The minimum absolute atomic E-state index is 0.102. The van der Waals surface area contributed by atoms with Crippen molar-refractivity contribution in [2.75, 3.05) is 13.7 Å². The Kier molecular flexibility index (Phi) is 5.21. The second-order valence-corrected chi connectivity index (χ2v) is 5.93. The van der Waals surface area contributed by atoms with Crippen LogP contribution < -0.4 is 15.6 Å². The Bertz CT molecular complexity index is 786. The van der Waals surface area contributed by atoms with Crippen LogP contribution in [0.15, 0.2) is 47.1 Å². The van der Waals surface area contributed by atoms with Crippen LogP contribution in [0.1, 0.15) is 22.5 Å². The van der Waals surface area contributed by atoms with E-state index in [1.165, 1.54) is 13.4 Å². The molecule has 1 aromatic heterocycles. The molecule has 1 unspecified atom stereocenters. The van der Waals surface area contributed by atoms with Crippen molar-refractivity contribution < 1.29 is 23.5 Å². The number of carbonyl (C=O) groups is 3. The Labute approximate surface area is 150 Å². The largest absolute Gasteiger partial charge is 0.497 e. The molecule has 1 atom stereocenters. The van der Waals surface area contributed by atoms with Crippen molar-refractivity contribution in [3.8, 4) is 5.75 Å². The molecule has 0 aliphatic carbocycles. The van der Waals surface area contributed by atoms with Crippen molar-refractivity contribution in [1.82, 2.24) is 15.8 Å². The van der Waals surface area contributed by atoms with Gasteiger partial charge in [-0.25, -0.2) is 0 Å². The van der Waals surface area contributed by atoms with Crippen LogP contribution in [0.2, 0.25) is 0 Å². The summed E-state index contributed by atoms with van der Waals surface area (Å²) in [4.78, 5) is 37.9. The molecule has 136 valence electrons. The summed E-state index contributed by atoms with van der Waals surface area (Å²) in [5.41, 5.74) is 5.12. The maximum absolute atomic E-state index is 12.2. The molecule has 1 aliphatic heterocycles. The van der Waals surface area contributed by atoms with E-state index in [9.17, 15) is 14.4 Å². The molecule has 1 saturated heterocycles. The van der Waals surface area contributed by atoms with Gasteiger partial charge in [-0.1, -0.05) is 0 Å². The summed E-state index contributed by atoms with van der Waals surface area (Å²) in [6, 6.07) is 10.00. The molecule has 1 aromatic carbocycles. The number of hydrogen-bond donors (Lipinski definition) is 2. The summed E-state index contributed by atoms with van der Waals surface area (Å²) in [7, 11) is 1.54. The number of rotatable bonds is 5. The van der Waals surface area contributed by atoms with E-state index in [1.54, 1.807) is 41.3 Å². The maximum atomic E-state index is 12.2. The van der Waals surface area contributed by atoms with Crippen molar-refractivity contribution in [3.05, 3.63) is 54.0 Å². The number of amides is 3. The lowest BCUT2D eigenvalue weighted by molar-refractivity contribution is -0.129. The predicted molar refractivity (Wildman–Crippen MR) is 90.8 cm³/mol. The standard InChI is InChI=1S/C18H19N3O5/c1-25-14-6-4-12(5-7-14)17(23)19-20-18(24)13-9-16(22)21(10-13)11-15-3-2-8-26-15/h2-8,13H,9-11H2,1H3,(H,19,23)(H,20,24). The minimum Gasteiger partial charge on any atom is -0.497 e. The third kappa shape index (κ3) is 4.02. The van der Waals surface area contributed by atoms with Gasteiger partial charge in [0, 0.05) is 18.5 Å². The number of ether oxygens (including phenoxy) is 1. The van der Waals surface area contributed by atoms with Gasteiger partial charge < -0.3 is 14.1 Å². The molecule has 1 fully saturated rings. The molecule has 3 rings (SSSR count). The van der Waals surface area contributed by atoms with Crippen LogP contribution in [-0.4, -0.2) is 36.3 Å². The zero-order valence-corrected chi connectivity index (χ0v) is 14.2.